The monoisotopic (exact) mass is 323 g/mol. The van der Waals surface area contributed by atoms with E-state index in [9.17, 15) is 9.18 Å². The number of ketones is 1. The Bertz CT molecular complexity index is 572. The standard InChI is InChI=1S/C14H11BrFNO2/c15-11-7-13(9-17-8-11)19-6-5-14(18)10-1-3-12(16)4-2-10/h1-4,7-9H,5-6H2. The molecule has 2 rings (SSSR count). The number of ether oxygens (including phenoxy) is 1. The minimum Gasteiger partial charge on any atom is -0.491 e. The predicted molar refractivity (Wildman–Crippen MR) is 72.8 cm³/mol. The molecule has 98 valence electrons. The van der Waals surface area contributed by atoms with Crippen LogP contribution in [0, 0.1) is 5.82 Å². The maximum absolute atomic E-state index is 12.7. The zero-order valence-electron chi connectivity index (χ0n) is 9.98. The summed E-state index contributed by atoms with van der Waals surface area (Å²) < 4.78 is 18.9. The number of carbonyl (C=O) groups is 1. The molecule has 0 radical (unpaired) electrons. The zero-order chi connectivity index (χ0) is 13.7. The second kappa shape index (κ2) is 6.43. The van der Waals surface area contributed by atoms with Gasteiger partial charge in [-0.3, -0.25) is 9.78 Å². The summed E-state index contributed by atoms with van der Waals surface area (Å²) in [5.41, 5.74) is 0.484. The number of hydrogen-bond donors (Lipinski definition) is 0. The molecule has 0 saturated carbocycles. The summed E-state index contributed by atoms with van der Waals surface area (Å²) >= 11 is 3.28. The van der Waals surface area contributed by atoms with Crippen LogP contribution in [-0.4, -0.2) is 17.4 Å². The van der Waals surface area contributed by atoms with E-state index in [0.717, 1.165) is 4.47 Å². The first kappa shape index (κ1) is 13.7. The SMILES string of the molecule is O=C(CCOc1cncc(Br)c1)c1ccc(F)cc1. The van der Waals surface area contributed by atoms with Gasteiger partial charge in [-0.1, -0.05) is 0 Å². The number of pyridine rings is 1. The van der Waals surface area contributed by atoms with Gasteiger partial charge < -0.3 is 4.74 Å². The van der Waals surface area contributed by atoms with Crippen molar-refractivity contribution in [1.82, 2.24) is 4.98 Å². The van der Waals surface area contributed by atoms with Gasteiger partial charge in [-0.05, 0) is 46.3 Å². The molecule has 2 aromatic rings. The molecule has 1 aromatic carbocycles. The summed E-state index contributed by atoms with van der Waals surface area (Å²) in [5.74, 6) is 0.164. The third kappa shape index (κ3) is 4.13. The largest absolute Gasteiger partial charge is 0.491 e. The Morgan fingerprint density at radius 1 is 1.26 bits per heavy atom. The second-order valence-electron chi connectivity index (χ2n) is 3.87. The molecule has 1 heterocycles. The van der Waals surface area contributed by atoms with Gasteiger partial charge in [0.1, 0.15) is 11.6 Å². The lowest BCUT2D eigenvalue weighted by molar-refractivity contribution is 0.0962. The van der Waals surface area contributed by atoms with Crippen LogP contribution in [0.4, 0.5) is 4.39 Å². The molecule has 19 heavy (non-hydrogen) atoms. The smallest absolute Gasteiger partial charge is 0.166 e. The topological polar surface area (TPSA) is 39.2 Å². The van der Waals surface area contributed by atoms with Gasteiger partial charge in [0.05, 0.1) is 12.8 Å². The summed E-state index contributed by atoms with van der Waals surface area (Å²) in [5, 5.41) is 0. The molecule has 3 nitrogen and oxygen atoms in total. The second-order valence-corrected chi connectivity index (χ2v) is 4.78. The van der Waals surface area contributed by atoms with Crippen LogP contribution in [-0.2, 0) is 0 Å². The highest BCUT2D eigenvalue weighted by molar-refractivity contribution is 9.10. The normalized spacial score (nSPS) is 10.2. The molecular formula is C14H11BrFNO2. The van der Waals surface area contributed by atoms with E-state index in [2.05, 4.69) is 20.9 Å². The third-order valence-corrected chi connectivity index (χ3v) is 2.88. The Balaban J connectivity index is 1.86. The van der Waals surface area contributed by atoms with E-state index >= 15 is 0 Å². The van der Waals surface area contributed by atoms with E-state index in [1.807, 2.05) is 0 Å². The number of benzene rings is 1. The van der Waals surface area contributed by atoms with Gasteiger partial charge >= 0.3 is 0 Å². The first-order chi connectivity index (χ1) is 9.15. The van der Waals surface area contributed by atoms with E-state index in [4.69, 9.17) is 4.74 Å². The summed E-state index contributed by atoms with van der Waals surface area (Å²) in [6.45, 7) is 0.258. The molecule has 0 N–H and O–H groups in total. The van der Waals surface area contributed by atoms with Crippen molar-refractivity contribution in [3.63, 3.8) is 0 Å². The number of aromatic nitrogens is 1. The van der Waals surface area contributed by atoms with Crippen molar-refractivity contribution in [3.05, 3.63) is 58.6 Å². The average Bonchev–Trinajstić information content (AvgIpc) is 2.39. The van der Waals surface area contributed by atoms with Crippen LogP contribution < -0.4 is 4.74 Å². The lowest BCUT2D eigenvalue weighted by Crippen LogP contribution is -2.06. The van der Waals surface area contributed by atoms with Crippen molar-refractivity contribution in [2.45, 2.75) is 6.42 Å². The van der Waals surface area contributed by atoms with Crippen LogP contribution in [0.5, 0.6) is 5.75 Å². The molecule has 1 aromatic heterocycles. The van der Waals surface area contributed by atoms with Crippen molar-refractivity contribution >= 4 is 21.7 Å². The fourth-order valence-electron chi connectivity index (χ4n) is 1.51. The zero-order valence-corrected chi connectivity index (χ0v) is 11.6. The Labute approximate surface area is 118 Å². The first-order valence-corrected chi connectivity index (χ1v) is 6.46. The Morgan fingerprint density at radius 2 is 2.00 bits per heavy atom. The molecule has 0 unspecified atom stereocenters. The van der Waals surface area contributed by atoms with Crippen LogP contribution in [0.2, 0.25) is 0 Å². The molecule has 0 bridgehead atoms. The highest BCUT2D eigenvalue weighted by atomic mass is 79.9. The molecule has 0 saturated heterocycles. The van der Waals surface area contributed by atoms with Gasteiger partial charge in [0, 0.05) is 22.7 Å². The lowest BCUT2D eigenvalue weighted by atomic mass is 10.1. The highest BCUT2D eigenvalue weighted by Crippen LogP contribution is 2.16. The van der Waals surface area contributed by atoms with Crippen LogP contribution >= 0.6 is 15.9 Å². The summed E-state index contributed by atoms with van der Waals surface area (Å²) in [7, 11) is 0. The van der Waals surface area contributed by atoms with Gasteiger partial charge in [-0.2, -0.15) is 0 Å². The number of halogens is 2. The van der Waals surface area contributed by atoms with Crippen LogP contribution in [0.1, 0.15) is 16.8 Å². The summed E-state index contributed by atoms with van der Waals surface area (Å²) in [6, 6.07) is 7.25. The van der Waals surface area contributed by atoms with Crippen LogP contribution in [0.25, 0.3) is 0 Å². The van der Waals surface area contributed by atoms with E-state index in [0.29, 0.717) is 11.3 Å². The molecule has 0 aliphatic carbocycles. The predicted octanol–water partition coefficient (Wildman–Crippen LogP) is 3.64. The minimum atomic E-state index is -0.354. The minimum absolute atomic E-state index is 0.0806. The van der Waals surface area contributed by atoms with Crippen molar-refractivity contribution < 1.29 is 13.9 Å². The number of carbonyl (C=O) groups excluding carboxylic acids is 1. The van der Waals surface area contributed by atoms with E-state index in [1.165, 1.54) is 24.3 Å². The molecule has 0 spiro atoms. The first-order valence-electron chi connectivity index (χ1n) is 5.67. The van der Waals surface area contributed by atoms with Gasteiger partial charge in [0.2, 0.25) is 0 Å². The average molecular weight is 324 g/mol. The van der Waals surface area contributed by atoms with Crippen LogP contribution in [0.15, 0.2) is 47.2 Å². The Hall–Kier alpha value is -1.75. The number of nitrogens with zero attached hydrogens (tertiary/aromatic N) is 1. The molecular weight excluding hydrogens is 313 g/mol. The molecule has 0 fully saturated rings. The van der Waals surface area contributed by atoms with Crippen LogP contribution in [0.3, 0.4) is 0 Å². The third-order valence-electron chi connectivity index (χ3n) is 2.44. The quantitative estimate of drug-likeness (QED) is 0.789. The van der Waals surface area contributed by atoms with Gasteiger partial charge in [-0.15, -0.1) is 0 Å². The maximum Gasteiger partial charge on any atom is 0.166 e. The van der Waals surface area contributed by atoms with E-state index in [-0.39, 0.29) is 24.6 Å². The van der Waals surface area contributed by atoms with Gasteiger partial charge in [-0.25, -0.2) is 4.39 Å². The number of rotatable bonds is 5. The van der Waals surface area contributed by atoms with Crippen molar-refractivity contribution in [2.75, 3.05) is 6.61 Å². The molecule has 5 heteroatoms. The van der Waals surface area contributed by atoms with Crippen molar-refractivity contribution in [3.8, 4) is 5.75 Å². The molecule has 0 aliphatic heterocycles. The number of hydrogen-bond acceptors (Lipinski definition) is 3. The Morgan fingerprint density at radius 3 is 2.68 bits per heavy atom. The number of Topliss-reactive ketones (excluding diaryl/α,β-unsaturated/α-hetero) is 1. The fraction of sp³-hybridized carbons (Fsp3) is 0.143. The lowest BCUT2D eigenvalue weighted by Gasteiger charge is -2.05. The molecule has 0 amide bonds. The molecule has 0 aliphatic rings. The van der Waals surface area contributed by atoms with Crippen molar-refractivity contribution in [1.29, 1.82) is 0 Å². The van der Waals surface area contributed by atoms with Gasteiger partial charge in [0.15, 0.2) is 5.78 Å². The fourth-order valence-corrected chi connectivity index (χ4v) is 1.86. The summed E-state index contributed by atoms with van der Waals surface area (Å²) in [6.07, 6.45) is 3.46. The summed E-state index contributed by atoms with van der Waals surface area (Å²) in [4.78, 5) is 15.7. The van der Waals surface area contributed by atoms with Gasteiger partial charge in [0.25, 0.3) is 0 Å². The van der Waals surface area contributed by atoms with E-state index < -0.39 is 0 Å². The maximum atomic E-state index is 12.7. The van der Waals surface area contributed by atoms with E-state index in [1.54, 1.807) is 18.5 Å². The van der Waals surface area contributed by atoms with Crippen molar-refractivity contribution in [2.24, 2.45) is 0 Å². The molecule has 0 atom stereocenters. The highest BCUT2D eigenvalue weighted by Gasteiger charge is 2.06. The Kier molecular flexibility index (Phi) is 4.63.